The van der Waals surface area contributed by atoms with E-state index in [0.717, 1.165) is 61.2 Å². The molecule has 2 aromatic rings. The van der Waals surface area contributed by atoms with Crippen LogP contribution in [0.3, 0.4) is 0 Å². The van der Waals surface area contributed by atoms with Gasteiger partial charge >= 0.3 is 0 Å². The van der Waals surface area contributed by atoms with Crippen LogP contribution in [0.5, 0.6) is 11.5 Å². The van der Waals surface area contributed by atoms with E-state index in [1.165, 1.54) is 11.1 Å². The van der Waals surface area contributed by atoms with Crippen LogP contribution in [0.1, 0.15) is 29.5 Å². The van der Waals surface area contributed by atoms with Crippen LogP contribution in [0.4, 0.5) is 5.69 Å². The zero-order valence-electron chi connectivity index (χ0n) is 18.9. The van der Waals surface area contributed by atoms with Crippen molar-refractivity contribution < 1.29 is 14.3 Å². The summed E-state index contributed by atoms with van der Waals surface area (Å²) in [6.07, 6.45) is 2.52. The lowest BCUT2D eigenvalue weighted by molar-refractivity contribution is -0.117. The van der Waals surface area contributed by atoms with Gasteiger partial charge in [-0.3, -0.25) is 9.79 Å². The predicted octanol–water partition coefficient (Wildman–Crippen LogP) is 3.58. The van der Waals surface area contributed by atoms with Gasteiger partial charge in [-0.2, -0.15) is 0 Å². The molecule has 1 fully saturated rings. The molecule has 2 aliphatic heterocycles. The topological polar surface area (TPSA) is 66.4 Å². The fourth-order valence-electron chi connectivity index (χ4n) is 4.29. The molecule has 0 atom stereocenters. The number of fused-ring (bicyclic) bond motifs is 1. The zero-order chi connectivity index (χ0) is 21.8. The molecular formula is C24H31IN4O3. The maximum absolute atomic E-state index is 11.9. The number of aliphatic imine (C=N–C) groups is 1. The molecule has 4 rings (SSSR count). The Bertz CT molecular complexity index is 978. The number of nitrogens with zero attached hydrogens (tertiary/aromatic N) is 3. The van der Waals surface area contributed by atoms with E-state index in [-0.39, 0.29) is 29.9 Å². The fourth-order valence-corrected chi connectivity index (χ4v) is 4.29. The number of ether oxygens (including phenoxy) is 2. The molecule has 1 saturated heterocycles. The van der Waals surface area contributed by atoms with E-state index in [4.69, 9.17) is 9.47 Å². The van der Waals surface area contributed by atoms with Crippen LogP contribution in [0.2, 0.25) is 0 Å². The fraction of sp³-hybridized carbons (Fsp3) is 0.417. The third-order valence-corrected chi connectivity index (χ3v) is 6.00. The SMILES string of the molecule is CN=C(NCc1ccc(N2CCCC2=O)cc1)N1CCc2cc(OC)c(OC)cc2C1.I. The Morgan fingerprint density at radius 1 is 1.03 bits per heavy atom. The molecule has 1 amide bonds. The number of carbonyl (C=O) groups excluding carboxylic acids is 1. The summed E-state index contributed by atoms with van der Waals surface area (Å²) in [7, 11) is 5.14. The van der Waals surface area contributed by atoms with Crippen LogP contribution in [0, 0.1) is 0 Å². The van der Waals surface area contributed by atoms with E-state index in [0.29, 0.717) is 13.0 Å². The van der Waals surface area contributed by atoms with Gasteiger partial charge in [0, 0.05) is 45.3 Å². The molecule has 172 valence electrons. The van der Waals surface area contributed by atoms with Crippen LogP contribution >= 0.6 is 24.0 Å². The molecular weight excluding hydrogens is 519 g/mol. The van der Waals surface area contributed by atoms with Crippen LogP contribution in [0.15, 0.2) is 41.4 Å². The summed E-state index contributed by atoms with van der Waals surface area (Å²) in [5.41, 5.74) is 4.65. The Labute approximate surface area is 206 Å². The monoisotopic (exact) mass is 550 g/mol. The first-order valence-electron chi connectivity index (χ1n) is 10.7. The maximum atomic E-state index is 11.9. The second kappa shape index (κ2) is 10.9. The van der Waals surface area contributed by atoms with Gasteiger partial charge in [0.05, 0.1) is 14.2 Å². The van der Waals surface area contributed by atoms with Gasteiger partial charge in [-0.1, -0.05) is 12.1 Å². The van der Waals surface area contributed by atoms with E-state index >= 15 is 0 Å². The van der Waals surface area contributed by atoms with Crippen molar-refractivity contribution in [1.29, 1.82) is 0 Å². The molecule has 32 heavy (non-hydrogen) atoms. The number of amides is 1. The summed E-state index contributed by atoms with van der Waals surface area (Å²) in [4.78, 5) is 20.5. The molecule has 0 unspecified atom stereocenters. The number of anilines is 1. The van der Waals surface area contributed by atoms with Gasteiger partial charge in [-0.25, -0.2) is 0 Å². The van der Waals surface area contributed by atoms with Crippen molar-refractivity contribution in [3.8, 4) is 11.5 Å². The summed E-state index contributed by atoms with van der Waals surface area (Å²) in [5, 5.41) is 3.47. The number of halogens is 1. The summed E-state index contributed by atoms with van der Waals surface area (Å²) in [6, 6.07) is 12.3. The molecule has 0 spiro atoms. The van der Waals surface area contributed by atoms with Gasteiger partial charge < -0.3 is 24.6 Å². The van der Waals surface area contributed by atoms with Gasteiger partial charge in [-0.05, 0) is 53.8 Å². The summed E-state index contributed by atoms with van der Waals surface area (Å²) < 4.78 is 10.9. The summed E-state index contributed by atoms with van der Waals surface area (Å²) in [6.45, 7) is 3.15. The smallest absolute Gasteiger partial charge is 0.227 e. The zero-order valence-corrected chi connectivity index (χ0v) is 21.2. The highest BCUT2D eigenvalue weighted by Gasteiger charge is 2.23. The van der Waals surface area contributed by atoms with Gasteiger partial charge in [0.25, 0.3) is 0 Å². The quantitative estimate of drug-likeness (QED) is 0.351. The largest absolute Gasteiger partial charge is 0.493 e. The number of hydrogen-bond acceptors (Lipinski definition) is 4. The highest BCUT2D eigenvalue weighted by Crippen LogP contribution is 2.33. The second-order valence-electron chi connectivity index (χ2n) is 7.86. The number of hydrogen-bond donors (Lipinski definition) is 1. The number of benzene rings is 2. The number of nitrogens with one attached hydrogen (secondary N) is 1. The van der Waals surface area contributed by atoms with E-state index in [1.54, 1.807) is 14.2 Å². The highest BCUT2D eigenvalue weighted by molar-refractivity contribution is 14.0. The maximum Gasteiger partial charge on any atom is 0.227 e. The lowest BCUT2D eigenvalue weighted by atomic mass is 9.99. The van der Waals surface area contributed by atoms with Crippen molar-refractivity contribution in [2.75, 3.05) is 39.3 Å². The van der Waals surface area contributed by atoms with Crippen molar-refractivity contribution in [1.82, 2.24) is 10.2 Å². The molecule has 0 saturated carbocycles. The molecule has 0 bridgehead atoms. The number of rotatable bonds is 5. The van der Waals surface area contributed by atoms with Crippen LogP contribution < -0.4 is 19.7 Å². The minimum Gasteiger partial charge on any atom is -0.493 e. The molecule has 0 aromatic heterocycles. The van der Waals surface area contributed by atoms with Gasteiger partial charge in [-0.15, -0.1) is 24.0 Å². The normalized spacial score (nSPS) is 15.8. The third-order valence-electron chi connectivity index (χ3n) is 6.00. The Balaban J connectivity index is 0.00000289. The van der Waals surface area contributed by atoms with Crippen molar-refractivity contribution in [3.05, 3.63) is 53.1 Å². The minimum absolute atomic E-state index is 0. The number of methoxy groups -OCH3 is 2. The molecule has 0 aliphatic carbocycles. The van der Waals surface area contributed by atoms with Crippen molar-refractivity contribution in [3.63, 3.8) is 0 Å². The summed E-state index contributed by atoms with van der Waals surface area (Å²) in [5.74, 6) is 2.61. The molecule has 7 nitrogen and oxygen atoms in total. The van der Waals surface area contributed by atoms with Crippen LogP contribution in [0.25, 0.3) is 0 Å². The second-order valence-corrected chi connectivity index (χ2v) is 7.86. The lowest BCUT2D eigenvalue weighted by Gasteiger charge is -2.32. The van der Waals surface area contributed by atoms with Crippen LogP contribution in [-0.2, 0) is 24.3 Å². The lowest BCUT2D eigenvalue weighted by Crippen LogP contribution is -2.43. The Morgan fingerprint density at radius 3 is 2.31 bits per heavy atom. The van der Waals surface area contributed by atoms with Crippen molar-refractivity contribution in [2.24, 2.45) is 4.99 Å². The van der Waals surface area contributed by atoms with E-state index in [1.807, 2.05) is 24.1 Å². The average molecular weight is 550 g/mol. The van der Waals surface area contributed by atoms with Crippen molar-refractivity contribution >= 4 is 41.5 Å². The number of carbonyl (C=O) groups is 1. The van der Waals surface area contributed by atoms with Crippen LogP contribution in [-0.4, -0.2) is 51.1 Å². The molecule has 2 heterocycles. The molecule has 1 N–H and O–H groups in total. The first-order chi connectivity index (χ1) is 15.1. The van der Waals surface area contributed by atoms with E-state index < -0.39 is 0 Å². The Kier molecular flexibility index (Phi) is 8.22. The van der Waals surface area contributed by atoms with Gasteiger partial charge in [0.1, 0.15) is 0 Å². The molecule has 8 heteroatoms. The van der Waals surface area contributed by atoms with Gasteiger partial charge in [0.15, 0.2) is 17.5 Å². The van der Waals surface area contributed by atoms with E-state index in [9.17, 15) is 4.79 Å². The summed E-state index contributed by atoms with van der Waals surface area (Å²) >= 11 is 0. The molecule has 2 aromatic carbocycles. The number of guanidine groups is 1. The van der Waals surface area contributed by atoms with Crippen molar-refractivity contribution in [2.45, 2.75) is 32.4 Å². The Morgan fingerprint density at radius 2 is 1.72 bits per heavy atom. The third kappa shape index (κ3) is 5.11. The first-order valence-corrected chi connectivity index (χ1v) is 10.7. The average Bonchev–Trinajstić information content (AvgIpc) is 3.24. The Hall–Kier alpha value is -2.49. The minimum atomic E-state index is 0. The highest BCUT2D eigenvalue weighted by atomic mass is 127. The van der Waals surface area contributed by atoms with Gasteiger partial charge in [0.2, 0.25) is 5.91 Å². The predicted molar refractivity (Wildman–Crippen MR) is 137 cm³/mol. The molecule has 2 aliphatic rings. The molecule has 0 radical (unpaired) electrons. The first kappa shape index (κ1) is 24.2. The standard InChI is InChI=1S/C24H30N4O3.HI/c1-25-24(26-15-17-6-8-20(9-7-17)28-11-4-5-23(28)29)27-12-10-18-13-21(30-2)22(31-3)14-19(18)16-27;/h6-9,13-14H,4-5,10-12,15-16H2,1-3H3,(H,25,26);1H. The van der Waals surface area contributed by atoms with E-state index in [2.05, 4.69) is 39.5 Å².